The Labute approximate surface area is 70.5 Å². The van der Waals surface area contributed by atoms with E-state index in [1.54, 1.807) is 0 Å². The molecule has 0 aliphatic carbocycles. The first-order valence-corrected chi connectivity index (χ1v) is 4.82. The van der Waals surface area contributed by atoms with Gasteiger partial charge in [-0.1, -0.05) is 19.8 Å². The molecule has 1 heterocycles. The second kappa shape index (κ2) is 9.92. The lowest BCUT2D eigenvalue weighted by molar-refractivity contribution is 0.702. The highest BCUT2D eigenvalue weighted by atomic mass is 14.8. The number of nitrogens with one attached hydrogen (secondary N) is 1. The van der Waals surface area contributed by atoms with E-state index >= 15 is 0 Å². The van der Waals surface area contributed by atoms with Crippen LogP contribution in [0.3, 0.4) is 0 Å². The van der Waals surface area contributed by atoms with E-state index in [-0.39, 0.29) is 0 Å². The molecule has 3 N–H and O–H groups in total. The molecule has 1 rings (SSSR count). The maximum absolute atomic E-state index is 5.03. The molecule has 0 unspecified atom stereocenters. The Balaban J connectivity index is 0.000000218. The monoisotopic (exact) mass is 158 g/mol. The average Bonchev–Trinajstić information content (AvgIpc) is 2.35. The quantitative estimate of drug-likeness (QED) is 0.607. The normalized spacial score (nSPS) is 18.0. The highest BCUT2D eigenvalue weighted by Crippen LogP contribution is 2.00. The van der Waals surface area contributed by atoms with E-state index in [4.69, 9.17) is 5.73 Å². The van der Waals surface area contributed by atoms with Crippen LogP contribution >= 0.6 is 0 Å². The first kappa shape index (κ1) is 10.9. The molecule has 1 saturated heterocycles. The van der Waals surface area contributed by atoms with Crippen LogP contribution in [-0.4, -0.2) is 19.6 Å². The third-order valence-corrected chi connectivity index (χ3v) is 1.75. The second-order valence-electron chi connectivity index (χ2n) is 2.95. The second-order valence-corrected chi connectivity index (χ2v) is 2.95. The lowest BCUT2D eigenvalue weighted by Crippen LogP contribution is -2.12. The molecule has 0 amide bonds. The number of rotatable bonds is 1. The van der Waals surface area contributed by atoms with Gasteiger partial charge in [0.15, 0.2) is 0 Å². The molecule has 1 aliphatic rings. The van der Waals surface area contributed by atoms with Crippen LogP contribution in [0.2, 0.25) is 0 Å². The minimum atomic E-state index is 0.819. The highest BCUT2D eigenvalue weighted by Gasteiger charge is 1.94. The van der Waals surface area contributed by atoms with Crippen LogP contribution in [0.25, 0.3) is 0 Å². The van der Waals surface area contributed by atoms with E-state index in [1.807, 2.05) is 0 Å². The van der Waals surface area contributed by atoms with Crippen molar-refractivity contribution in [3.63, 3.8) is 0 Å². The summed E-state index contributed by atoms with van der Waals surface area (Å²) >= 11 is 0. The zero-order chi connectivity index (χ0) is 8.36. The standard InChI is InChI=1S/C6H13N.C3H9N/c1-2-4-6-7-5-3-1;1-2-3-4/h7H,1-6H2;2-4H2,1H3. The van der Waals surface area contributed by atoms with Crippen LogP contribution in [0.15, 0.2) is 0 Å². The van der Waals surface area contributed by atoms with E-state index in [9.17, 15) is 0 Å². The maximum Gasteiger partial charge on any atom is -0.00489 e. The summed E-state index contributed by atoms with van der Waals surface area (Å²) in [5.74, 6) is 0. The van der Waals surface area contributed by atoms with Gasteiger partial charge in [0.25, 0.3) is 0 Å². The predicted molar refractivity (Wildman–Crippen MR) is 50.7 cm³/mol. The van der Waals surface area contributed by atoms with Gasteiger partial charge in [0, 0.05) is 0 Å². The molecule has 0 aromatic rings. The Hall–Kier alpha value is -0.0800. The average molecular weight is 158 g/mol. The molecule has 11 heavy (non-hydrogen) atoms. The van der Waals surface area contributed by atoms with E-state index in [0.29, 0.717) is 0 Å². The number of hydrogen-bond acceptors (Lipinski definition) is 2. The maximum atomic E-state index is 5.03. The Bertz CT molecular complexity index is 42.9. The number of nitrogens with two attached hydrogens (primary N) is 1. The van der Waals surface area contributed by atoms with Gasteiger partial charge in [0.05, 0.1) is 0 Å². The lowest BCUT2D eigenvalue weighted by atomic mass is 10.2. The van der Waals surface area contributed by atoms with Crippen LogP contribution in [0.1, 0.15) is 39.0 Å². The van der Waals surface area contributed by atoms with Gasteiger partial charge in [-0.2, -0.15) is 0 Å². The minimum Gasteiger partial charge on any atom is -0.330 e. The first-order chi connectivity index (χ1) is 5.41. The summed E-state index contributed by atoms with van der Waals surface area (Å²) in [6.07, 6.45) is 6.75. The van der Waals surface area contributed by atoms with Crippen LogP contribution in [0, 0.1) is 0 Å². The van der Waals surface area contributed by atoms with Crippen LogP contribution in [-0.2, 0) is 0 Å². The smallest absolute Gasteiger partial charge is 0.00489 e. The van der Waals surface area contributed by atoms with Gasteiger partial charge in [0.1, 0.15) is 0 Å². The Kier molecular flexibility index (Phi) is 9.85. The molecule has 0 spiro atoms. The van der Waals surface area contributed by atoms with Crippen molar-refractivity contribution in [3.05, 3.63) is 0 Å². The summed E-state index contributed by atoms with van der Waals surface area (Å²) < 4.78 is 0. The van der Waals surface area contributed by atoms with Crippen LogP contribution in [0.5, 0.6) is 0 Å². The zero-order valence-corrected chi connectivity index (χ0v) is 7.73. The molecular weight excluding hydrogens is 136 g/mol. The van der Waals surface area contributed by atoms with Gasteiger partial charge in [-0.05, 0) is 38.9 Å². The van der Waals surface area contributed by atoms with Gasteiger partial charge < -0.3 is 11.1 Å². The van der Waals surface area contributed by atoms with E-state index in [2.05, 4.69) is 12.2 Å². The van der Waals surface area contributed by atoms with Gasteiger partial charge in [0.2, 0.25) is 0 Å². The third-order valence-electron chi connectivity index (χ3n) is 1.75. The third kappa shape index (κ3) is 9.92. The summed E-state index contributed by atoms with van der Waals surface area (Å²) in [4.78, 5) is 0. The Morgan fingerprint density at radius 2 is 1.55 bits per heavy atom. The van der Waals surface area contributed by atoms with Crippen molar-refractivity contribution in [2.45, 2.75) is 39.0 Å². The van der Waals surface area contributed by atoms with Crippen molar-refractivity contribution < 1.29 is 0 Å². The van der Waals surface area contributed by atoms with Gasteiger partial charge in [-0.15, -0.1) is 0 Å². The SMILES string of the molecule is C1CCCNCC1.CCCN. The largest absolute Gasteiger partial charge is 0.330 e. The minimum absolute atomic E-state index is 0.819. The van der Waals surface area contributed by atoms with E-state index in [0.717, 1.165) is 13.0 Å². The Morgan fingerprint density at radius 3 is 1.91 bits per heavy atom. The molecule has 0 atom stereocenters. The van der Waals surface area contributed by atoms with Crippen LogP contribution < -0.4 is 11.1 Å². The predicted octanol–water partition coefficient (Wildman–Crippen LogP) is 1.51. The molecule has 1 aliphatic heterocycles. The molecule has 0 aromatic heterocycles. The topological polar surface area (TPSA) is 38.0 Å². The van der Waals surface area contributed by atoms with Crippen molar-refractivity contribution in [1.82, 2.24) is 5.32 Å². The molecule has 1 fully saturated rings. The highest BCUT2D eigenvalue weighted by molar-refractivity contribution is 4.54. The van der Waals surface area contributed by atoms with Gasteiger partial charge in [-0.3, -0.25) is 0 Å². The van der Waals surface area contributed by atoms with Crippen molar-refractivity contribution in [1.29, 1.82) is 0 Å². The summed E-state index contributed by atoms with van der Waals surface area (Å²) in [5, 5.41) is 3.35. The van der Waals surface area contributed by atoms with Crippen molar-refractivity contribution in [2.24, 2.45) is 5.73 Å². The summed E-state index contributed by atoms with van der Waals surface area (Å²) in [5.41, 5.74) is 5.03. The molecule has 2 nitrogen and oxygen atoms in total. The molecule has 0 radical (unpaired) electrons. The fourth-order valence-electron chi connectivity index (χ4n) is 0.979. The number of hydrogen-bond donors (Lipinski definition) is 2. The molecule has 0 aromatic carbocycles. The fourth-order valence-corrected chi connectivity index (χ4v) is 0.979. The molecule has 0 saturated carbocycles. The van der Waals surface area contributed by atoms with Crippen LogP contribution in [0.4, 0.5) is 0 Å². The molecule has 2 heteroatoms. The zero-order valence-electron chi connectivity index (χ0n) is 7.73. The van der Waals surface area contributed by atoms with Crippen molar-refractivity contribution in [3.8, 4) is 0 Å². The summed E-state index contributed by atoms with van der Waals surface area (Å²) in [6.45, 7) is 5.38. The van der Waals surface area contributed by atoms with E-state index in [1.165, 1.54) is 38.8 Å². The summed E-state index contributed by atoms with van der Waals surface area (Å²) in [6, 6.07) is 0. The van der Waals surface area contributed by atoms with E-state index < -0.39 is 0 Å². The first-order valence-electron chi connectivity index (χ1n) is 4.82. The van der Waals surface area contributed by atoms with Crippen molar-refractivity contribution >= 4 is 0 Å². The van der Waals surface area contributed by atoms with Crippen molar-refractivity contribution in [2.75, 3.05) is 19.6 Å². The fraction of sp³-hybridized carbons (Fsp3) is 1.00. The molecular formula is C9H22N2. The molecule has 68 valence electrons. The Morgan fingerprint density at radius 1 is 1.09 bits per heavy atom. The van der Waals surface area contributed by atoms with Gasteiger partial charge >= 0.3 is 0 Å². The molecule has 0 bridgehead atoms. The summed E-state index contributed by atoms with van der Waals surface area (Å²) in [7, 11) is 0. The van der Waals surface area contributed by atoms with Gasteiger partial charge in [-0.25, -0.2) is 0 Å². The lowest BCUT2D eigenvalue weighted by Gasteiger charge is -1.91.